The fourth-order valence-electron chi connectivity index (χ4n) is 4.66. The Balaban J connectivity index is 1.24. The summed E-state index contributed by atoms with van der Waals surface area (Å²) in [6, 6.07) is 24.8. The van der Waals surface area contributed by atoms with E-state index in [4.69, 9.17) is 0 Å². The van der Waals surface area contributed by atoms with E-state index in [1.807, 2.05) is 36.4 Å². The summed E-state index contributed by atoms with van der Waals surface area (Å²) >= 11 is 0. The van der Waals surface area contributed by atoms with E-state index < -0.39 is 15.4 Å². The Kier molecular flexibility index (Phi) is 6.76. The van der Waals surface area contributed by atoms with Crippen molar-refractivity contribution in [3.05, 3.63) is 102 Å². The van der Waals surface area contributed by atoms with Crippen molar-refractivity contribution < 1.29 is 18.0 Å². The van der Waals surface area contributed by atoms with Gasteiger partial charge in [-0.25, -0.2) is 8.42 Å². The Morgan fingerprint density at radius 3 is 2.27 bits per heavy atom. The van der Waals surface area contributed by atoms with Crippen molar-refractivity contribution in [2.24, 2.45) is 0 Å². The lowest BCUT2D eigenvalue weighted by Gasteiger charge is -2.43. The number of anilines is 1. The molecule has 0 radical (unpaired) electrons. The number of fused-ring (bicyclic) bond motifs is 1. The molecule has 0 saturated heterocycles. The van der Waals surface area contributed by atoms with Crippen LogP contribution >= 0.6 is 0 Å². The summed E-state index contributed by atoms with van der Waals surface area (Å²) in [4.78, 5) is 30.2. The van der Waals surface area contributed by atoms with E-state index in [0.29, 0.717) is 11.3 Å². The van der Waals surface area contributed by atoms with Gasteiger partial charge in [0.25, 0.3) is 5.91 Å². The van der Waals surface area contributed by atoms with Crippen molar-refractivity contribution in [2.45, 2.75) is 36.1 Å². The average molecular weight is 514 g/mol. The molecule has 0 aliphatic heterocycles. The molecule has 1 heterocycles. The number of carbonyl (C=O) groups is 2. The Bertz CT molecular complexity index is 1540. The highest BCUT2D eigenvalue weighted by molar-refractivity contribution is 7.91. The van der Waals surface area contributed by atoms with E-state index >= 15 is 0 Å². The van der Waals surface area contributed by atoms with Gasteiger partial charge >= 0.3 is 0 Å². The third-order valence-electron chi connectivity index (χ3n) is 6.88. The number of benzene rings is 3. The van der Waals surface area contributed by atoms with Gasteiger partial charge in [-0.1, -0.05) is 48.5 Å². The maximum atomic E-state index is 13.3. The molecule has 188 valence electrons. The summed E-state index contributed by atoms with van der Waals surface area (Å²) in [5.74, 6) is -0.779. The number of sulfone groups is 1. The summed E-state index contributed by atoms with van der Waals surface area (Å²) in [6.07, 6.45) is 4.16. The molecule has 1 aliphatic rings. The molecule has 0 atom stereocenters. The Morgan fingerprint density at radius 2 is 1.57 bits per heavy atom. The number of pyridine rings is 1. The van der Waals surface area contributed by atoms with Crippen LogP contribution in [0.1, 0.15) is 41.6 Å². The molecule has 1 aromatic heterocycles. The first-order valence-electron chi connectivity index (χ1n) is 12.2. The minimum Gasteiger partial charge on any atom is -0.343 e. The van der Waals surface area contributed by atoms with Crippen LogP contribution in [0.3, 0.4) is 0 Å². The first-order chi connectivity index (χ1) is 17.9. The molecule has 8 heteroatoms. The summed E-state index contributed by atoms with van der Waals surface area (Å²) < 4.78 is 24.9. The summed E-state index contributed by atoms with van der Waals surface area (Å²) in [6.45, 7) is 0. The predicted octanol–water partition coefficient (Wildman–Crippen LogP) is 4.85. The normalized spacial score (nSPS) is 14.5. The van der Waals surface area contributed by atoms with Crippen LogP contribution in [0.5, 0.6) is 0 Å². The fourth-order valence-corrected chi connectivity index (χ4v) is 5.93. The Morgan fingerprint density at radius 1 is 0.865 bits per heavy atom. The summed E-state index contributed by atoms with van der Waals surface area (Å²) in [5, 5.41) is 6.83. The maximum absolute atomic E-state index is 13.3. The van der Waals surface area contributed by atoms with Gasteiger partial charge in [-0.05, 0) is 61.2 Å². The molecule has 7 nitrogen and oxygen atoms in total. The predicted molar refractivity (Wildman–Crippen MR) is 143 cm³/mol. The van der Waals surface area contributed by atoms with Gasteiger partial charge in [-0.2, -0.15) is 0 Å². The topological polar surface area (TPSA) is 105 Å². The van der Waals surface area contributed by atoms with Gasteiger partial charge in [0, 0.05) is 23.7 Å². The van der Waals surface area contributed by atoms with Gasteiger partial charge in [-0.15, -0.1) is 0 Å². The van der Waals surface area contributed by atoms with Crippen LogP contribution in [0.25, 0.3) is 10.9 Å². The van der Waals surface area contributed by atoms with E-state index in [-0.39, 0.29) is 28.9 Å². The van der Waals surface area contributed by atoms with Crippen molar-refractivity contribution >= 4 is 38.2 Å². The quantitative estimate of drug-likeness (QED) is 0.351. The Labute approximate surface area is 215 Å². The van der Waals surface area contributed by atoms with Gasteiger partial charge in [0.2, 0.25) is 5.91 Å². The number of hydrogen-bond acceptors (Lipinski definition) is 5. The molecule has 4 aromatic rings. The second-order valence-corrected chi connectivity index (χ2v) is 11.4. The van der Waals surface area contributed by atoms with Gasteiger partial charge in [-0.3, -0.25) is 14.6 Å². The molecule has 1 aliphatic carbocycles. The number of para-hydroxylation sites is 1. The molecule has 0 bridgehead atoms. The standard InChI is InChI=1S/C29H27N3O4S/c33-27(16-20-37(35,36)23-7-2-1-3-8-23)31-22-13-11-21(12-14-22)29(17-6-18-29)32-28(34)25-15-19-30-26-10-5-4-9-24(25)26/h1-5,7-15,19H,6,16-18,20H2,(H,31,33)(H,32,34). The number of nitrogens with one attached hydrogen (secondary N) is 2. The lowest BCUT2D eigenvalue weighted by atomic mass is 9.71. The third-order valence-corrected chi connectivity index (χ3v) is 8.61. The van der Waals surface area contributed by atoms with Crippen molar-refractivity contribution in [3.8, 4) is 0 Å². The minimum atomic E-state index is -3.52. The number of carbonyl (C=O) groups excluding carboxylic acids is 2. The van der Waals surface area contributed by atoms with Crippen molar-refractivity contribution in [1.82, 2.24) is 10.3 Å². The largest absolute Gasteiger partial charge is 0.343 e. The van der Waals surface area contributed by atoms with E-state index in [0.717, 1.165) is 35.7 Å². The van der Waals surface area contributed by atoms with Crippen LogP contribution in [-0.4, -0.2) is 31.0 Å². The molecule has 1 fully saturated rings. The van der Waals surface area contributed by atoms with E-state index in [2.05, 4.69) is 15.6 Å². The van der Waals surface area contributed by atoms with E-state index in [1.54, 1.807) is 42.6 Å². The maximum Gasteiger partial charge on any atom is 0.252 e. The van der Waals surface area contributed by atoms with Crippen LogP contribution < -0.4 is 10.6 Å². The number of nitrogens with zero attached hydrogens (tertiary/aromatic N) is 1. The van der Waals surface area contributed by atoms with Gasteiger partial charge in [0.15, 0.2) is 9.84 Å². The highest BCUT2D eigenvalue weighted by Gasteiger charge is 2.40. The molecule has 5 rings (SSSR count). The van der Waals surface area contributed by atoms with Crippen molar-refractivity contribution in [2.75, 3.05) is 11.1 Å². The number of aromatic nitrogens is 1. The summed E-state index contributed by atoms with van der Waals surface area (Å²) in [7, 11) is -3.52. The van der Waals surface area contributed by atoms with Crippen LogP contribution in [0.2, 0.25) is 0 Å². The zero-order chi connectivity index (χ0) is 25.9. The van der Waals surface area contributed by atoms with Gasteiger partial charge < -0.3 is 10.6 Å². The molecule has 0 unspecified atom stereocenters. The van der Waals surface area contributed by atoms with Crippen LogP contribution in [0, 0.1) is 0 Å². The van der Waals surface area contributed by atoms with Crippen LogP contribution in [0.4, 0.5) is 5.69 Å². The zero-order valence-electron chi connectivity index (χ0n) is 20.2. The molecule has 2 N–H and O–H groups in total. The SMILES string of the molecule is O=C(CCS(=O)(=O)c1ccccc1)Nc1ccc(C2(NC(=O)c3ccnc4ccccc34)CCC2)cc1. The number of rotatable bonds is 8. The molecule has 37 heavy (non-hydrogen) atoms. The average Bonchev–Trinajstić information content (AvgIpc) is 2.90. The second kappa shape index (κ2) is 10.1. The number of hydrogen-bond donors (Lipinski definition) is 2. The smallest absolute Gasteiger partial charge is 0.252 e. The number of amides is 2. The highest BCUT2D eigenvalue weighted by Crippen LogP contribution is 2.42. The van der Waals surface area contributed by atoms with Crippen LogP contribution in [0.15, 0.2) is 96.0 Å². The molecule has 0 spiro atoms. The molecular weight excluding hydrogens is 486 g/mol. The highest BCUT2D eigenvalue weighted by atomic mass is 32.2. The van der Waals surface area contributed by atoms with Gasteiger partial charge in [0.05, 0.1) is 27.3 Å². The van der Waals surface area contributed by atoms with Crippen LogP contribution in [-0.2, 0) is 20.2 Å². The van der Waals surface area contributed by atoms with Crippen molar-refractivity contribution in [1.29, 1.82) is 0 Å². The fraction of sp³-hybridized carbons (Fsp3) is 0.207. The van der Waals surface area contributed by atoms with E-state index in [9.17, 15) is 18.0 Å². The summed E-state index contributed by atoms with van der Waals surface area (Å²) in [5.41, 5.74) is 2.44. The Hall–Kier alpha value is -4.04. The zero-order valence-corrected chi connectivity index (χ0v) is 21.0. The minimum absolute atomic E-state index is 0.140. The second-order valence-electron chi connectivity index (χ2n) is 9.27. The first kappa shape index (κ1) is 24.6. The van der Waals surface area contributed by atoms with E-state index in [1.165, 1.54) is 12.1 Å². The monoisotopic (exact) mass is 513 g/mol. The lowest BCUT2D eigenvalue weighted by Crippen LogP contribution is -2.50. The van der Waals surface area contributed by atoms with Gasteiger partial charge in [0.1, 0.15) is 0 Å². The molecule has 3 aromatic carbocycles. The molecule has 1 saturated carbocycles. The molecule has 2 amide bonds. The first-order valence-corrected chi connectivity index (χ1v) is 13.9. The lowest BCUT2D eigenvalue weighted by molar-refractivity contribution is -0.115. The third kappa shape index (κ3) is 5.24. The molecular formula is C29H27N3O4S. The van der Waals surface area contributed by atoms with Crippen molar-refractivity contribution in [3.63, 3.8) is 0 Å².